The molecule has 1 fully saturated rings. The first-order valence-electron chi connectivity index (χ1n) is 7.44. The molecule has 0 bridgehead atoms. The molecule has 0 aliphatic heterocycles. The van der Waals surface area contributed by atoms with E-state index in [0.717, 1.165) is 25.7 Å². The molecule has 0 aromatic rings. The standard InChI is InChI=1S/C16H25NO5/c1-6-7-8-9-11-10-12(11)21-15(19)17-13(16(2,3)4)14(18)22-20-5/h1,11-13H,7-10H2,2-5H3,(H,17,19)/t11-,12-,13-/m1/s1. The van der Waals surface area contributed by atoms with Crippen LogP contribution in [0.1, 0.15) is 46.5 Å². The third kappa shape index (κ3) is 5.94. The first-order valence-corrected chi connectivity index (χ1v) is 7.44. The molecule has 3 atom stereocenters. The van der Waals surface area contributed by atoms with Crippen LogP contribution in [0.25, 0.3) is 0 Å². The van der Waals surface area contributed by atoms with Gasteiger partial charge in [0.15, 0.2) is 0 Å². The molecule has 6 heteroatoms. The van der Waals surface area contributed by atoms with E-state index in [1.165, 1.54) is 7.11 Å². The second-order valence-corrected chi connectivity index (χ2v) is 6.55. The number of carbonyl (C=O) groups is 2. The van der Waals surface area contributed by atoms with Gasteiger partial charge in [0.05, 0.1) is 7.11 Å². The maximum Gasteiger partial charge on any atom is 0.408 e. The van der Waals surface area contributed by atoms with E-state index in [1.807, 2.05) is 20.8 Å². The number of hydrogen-bond acceptors (Lipinski definition) is 5. The Bertz CT molecular complexity index is 435. The van der Waals surface area contributed by atoms with Gasteiger partial charge in [0.1, 0.15) is 12.1 Å². The number of hydrogen-bond donors (Lipinski definition) is 1. The van der Waals surface area contributed by atoms with Gasteiger partial charge in [0, 0.05) is 6.42 Å². The fourth-order valence-corrected chi connectivity index (χ4v) is 2.18. The van der Waals surface area contributed by atoms with E-state index in [0.29, 0.717) is 5.92 Å². The van der Waals surface area contributed by atoms with Crippen LogP contribution in [0.3, 0.4) is 0 Å². The van der Waals surface area contributed by atoms with E-state index >= 15 is 0 Å². The van der Waals surface area contributed by atoms with E-state index in [-0.39, 0.29) is 6.10 Å². The molecule has 1 amide bonds. The minimum Gasteiger partial charge on any atom is -0.446 e. The normalized spacial score (nSPS) is 21.4. The lowest BCUT2D eigenvalue weighted by molar-refractivity contribution is -0.258. The zero-order valence-electron chi connectivity index (χ0n) is 13.7. The van der Waals surface area contributed by atoms with Gasteiger partial charge in [0.2, 0.25) is 0 Å². The summed E-state index contributed by atoms with van der Waals surface area (Å²) in [5.41, 5.74) is -0.523. The lowest BCUT2D eigenvalue weighted by Gasteiger charge is -2.28. The molecule has 0 heterocycles. The SMILES string of the molecule is C#CCCC[C@@H]1C[C@H]1OC(=O)N[C@H](C(=O)OOC)C(C)(C)C. The van der Waals surface area contributed by atoms with E-state index in [4.69, 9.17) is 11.2 Å². The van der Waals surface area contributed by atoms with Crippen LogP contribution in [0, 0.1) is 23.7 Å². The van der Waals surface area contributed by atoms with Crippen LogP contribution in [0.15, 0.2) is 0 Å². The van der Waals surface area contributed by atoms with Crippen molar-refractivity contribution in [2.45, 2.75) is 58.6 Å². The fourth-order valence-electron chi connectivity index (χ4n) is 2.18. The Morgan fingerprint density at radius 1 is 1.41 bits per heavy atom. The van der Waals surface area contributed by atoms with Gasteiger partial charge in [-0.25, -0.2) is 9.59 Å². The zero-order valence-corrected chi connectivity index (χ0v) is 13.7. The van der Waals surface area contributed by atoms with Gasteiger partial charge < -0.3 is 10.1 Å². The van der Waals surface area contributed by atoms with Crippen LogP contribution in [-0.4, -0.2) is 31.3 Å². The average Bonchev–Trinajstić information content (AvgIpc) is 3.13. The zero-order chi connectivity index (χ0) is 16.8. The summed E-state index contributed by atoms with van der Waals surface area (Å²) in [5, 5.41) is 2.55. The maximum absolute atomic E-state index is 11.9. The summed E-state index contributed by atoms with van der Waals surface area (Å²) in [6.45, 7) is 5.44. The number of alkyl carbamates (subject to hydrolysis) is 1. The molecular formula is C16H25NO5. The Morgan fingerprint density at radius 3 is 2.64 bits per heavy atom. The molecule has 0 aromatic heterocycles. The van der Waals surface area contributed by atoms with Gasteiger partial charge in [-0.2, -0.15) is 4.89 Å². The van der Waals surface area contributed by atoms with Crippen molar-refractivity contribution in [2.75, 3.05) is 7.11 Å². The number of unbranched alkanes of at least 4 members (excludes halogenated alkanes) is 1. The molecule has 1 rings (SSSR count). The summed E-state index contributed by atoms with van der Waals surface area (Å²) in [6, 6.07) is -0.849. The third-order valence-electron chi connectivity index (χ3n) is 3.54. The van der Waals surface area contributed by atoms with Crippen molar-refractivity contribution in [1.82, 2.24) is 5.32 Å². The second kappa shape index (κ2) is 8.04. The molecule has 0 radical (unpaired) electrons. The molecule has 0 unspecified atom stereocenters. The summed E-state index contributed by atoms with van der Waals surface area (Å²) in [5.74, 6) is 2.30. The summed E-state index contributed by atoms with van der Waals surface area (Å²) in [7, 11) is 1.24. The molecule has 1 N–H and O–H groups in total. The minimum atomic E-state index is -0.849. The van der Waals surface area contributed by atoms with Crippen molar-refractivity contribution in [2.24, 2.45) is 11.3 Å². The maximum atomic E-state index is 11.9. The molecule has 0 spiro atoms. The Balaban J connectivity index is 2.42. The van der Waals surface area contributed by atoms with Crippen molar-refractivity contribution in [3.8, 4) is 12.3 Å². The van der Waals surface area contributed by atoms with E-state index in [9.17, 15) is 9.59 Å². The van der Waals surface area contributed by atoms with Crippen molar-refractivity contribution in [3.05, 3.63) is 0 Å². The largest absolute Gasteiger partial charge is 0.446 e. The molecule has 1 saturated carbocycles. The number of ether oxygens (including phenoxy) is 1. The predicted octanol–water partition coefficient (Wildman–Crippen LogP) is 2.42. The van der Waals surface area contributed by atoms with E-state index in [2.05, 4.69) is 21.0 Å². The highest BCUT2D eigenvalue weighted by Crippen LogP contribution is 2.38. The van der Waals surface area contributed by atoms with Crippen molar-refractivity contribution in [1.29, 1.82) is 0 Å². The summed E-state index contributed by atoms with van der Waals surface area (Å²) in [6.07, 6.45) is 7.98. The number of carbonyl (C=O) groups excluding carboxylic acids is 2. The molecule has 0 saturated heterocycles. The third-order valence-corrected chi connectivity index (χ3v) is 3.54. The Kier molecular flexibility index (Phi) is 6.69. The van der Waals surface area contributed by atoms with Crippen molar-refractivity contribution in [3.63, 3.8) is 0 Å². The van der Waals surface area contributed by atoms with Crippen molar-refractivity contribution >= 4 is 12.1 Å². The quantitative estimate of drug-likeness (QED) is 0.338. The van der Waals surface area contributed by atoms with Gasteiger partial charge in [-0.3, -0.25) is 4.89 Å². The lowest BCUT2D eigenvalue weighted by atomic mass is 9.87. The highest BCUT2D eigenvalue weighted by Gasteiger charge is 2.41. The van der Waals surface area contributed by atoms with E-state index in [1.54, 1.807) is 0 Å². The molecule has 1 aliphatic rings. The smallest absolute Gasteiger partial charge is 0.408 e. The van der Waals surface area contributed by atoms with Gasteiger partial charge in [-0.1, -0.05) is 20.8 Å². The predicted molar refractivity (Wildman–Crippen MR) is 80.5 cm³/mol. The number of amides is 1. The Labute approximate surface area is 131 Å². The first-order chi connectivity index (χ1) is 10.3. The number of nitrogens with one attached hydrogen (secondary N) is 1. The van der Waals surface area contributed by atoms with Gasteiger partial charge in [-0.05, 0) is 30.6 Å². The molecule has 1 aliphatic carbocycles. The summed E-state index contributed by atoms with van der Waals surface area (Å²) < 4.78 is 5.31. The Morgan fingerprint density at radius 2 is 2.09 bits per heavy atom. The van der Waals surface area contributed by atoms with Gasteiger partial charge >= 0.3 is 12.1 Å². The van der Waals surface area contributed by atoms with E-state index < -0.39 is 23.5 Å². The second-order valence-electron chi connectivity index (χ2n) is 6.55. The fraction of sp³-hybridized carbons (Fsp3) is 0.750. The topological polar surface area (TPSA) is 73.9 Å². The minimum absolute atomic E-state index is 0.0863. The van der Waals surface area contributed by atoms with Crippen LogP contribution in [0.5, 0.6) is 0 Å². The monoisotopic (exact) mass is 311 g/mol. The highest BCUT2D eigenvalue weighted by atomic mass is 17.2. The van der Waals surface area contributed by atoms with Crippen LogP contribution in [-0.2, 0) is 19.3 Å². The highest BCUT2D eigenvalue weighted by molar-refractivity contribution is 5.81. The number of rotatable bonds is 7. The lowest BCUT2D eigenvalue weighted by Crippen LogP contribution is -2.50. The molecule has 0 aromatic carbocycles. The molecule has 6 nitrogen and oxygen atoms in total. The first kappa shape index (κ1) is 18.3. The van der Waals surface area contributed by atoms with Crippen LogP contribution in [0.4, 0.5) is 4.79 Å². The van der Waals surface area contributed by atoms with Crippen molar-refractivity contribution < 1.29 is 24.1 Å². The van der Waals surface area contributed by atoms with Gasteiger partial charge in [-0.15, -0.1) is 12.3 Å². The average molecular weight is 311 g/mol. The summed E-state index contributed by atoms with van der Waals surface area (Å²) >= 11 is 0. The summed E-state index contributed by atoms with van der Waals surface area (Å²) in [4.78, 5) is 32.6. The molecule has 22 heavy (non-hydrogen) atoms. The van der Waals surface area contributed by atoms with Crippen LogP contribution < -0.4 is 5.32 Å². The number of terminal acetylenes is 1. The van der Waals surface area contributed by atoms with Crippen LogP contribution in [0.2, 0.25) is 0 Å². The van der Waals surface area contributed by atoms with Gasteiger partial charge in [0.25, 0.3) is 0 Å². The molecule has 124 valence electrons. The molecular weight excluding hydrogens is 286 g/mol. The van der Waals surface area contributed by atoms with Crippen LogP contribution >= 0.6 is 0 Å². The Hall–Kier alpha value is -1.74.